The van der Waals surface area contributed by atoms with Gasteiger partial charge in [0.25, 0.3) is 0 Å². The summed E-state index contributed by atoms with van der Waals surface area (Å²) in [6, 6.07) is 19.5. The van der Waals surface area contributed by atoms with E-state index in [2.05, 4.69) is 9.97 Å². The lowest BCUT2D eigenvalue weighted by Gasteiger charge is -2.08. The highest BCUT2D eigenvalue weighted by Gasteiger charge is 2.10. The minimum Gasteiger partial charge on any atom is -0.320 e. The number of nitrogens with one attached hydrogen (secondary N) is 1. The van der Waals surface area contributed by atoms with Gasteiger partial charge in [-0.1, -0.05) is 48.5 Å². The van der Waals surface area contributed by atoms with Crippen LogP contribution in [0.2, 0.25) is 0 Å². The lowest BCUT2D eigenvalue weighted by Crippen LogP contribution is -2.06. The van der Waals surface area contributed by atoms with Crippen molar-refractivity contribution >= 4 is 21.5 Å². The van der Waals surface area contributed by atoms with Crippen LogP contribution in [0.4, 0.5) is 0 Å². The van der Waals surface area contributed by atoms with Crippen LogP contribution in [0.15, 0.2) is 71.7 Å². The first-order valence-corrected chi connectivity index (χ1v) is 6.79. The Morgan fingerprint density at radius 2 is 1.52 bits per heavy atom. The lowest BCUT2D eigenvalue weighted by molar-refractivity contribution is 1.23. The van der Waals surface area contributed by atoms with Gasteiger partial charge in [0.1, 0.15) is 0 Å². The van der Waals surface area contributed by atoms with Crippen molar-refractivity contribution in [2.75, 3.05) is 0 Å². The first-order valence-electron chi connectivity index (χ1n) is 6.79. The maximum atomic E-state index is 11.9. The quantitative estimate of drug-likeness (QED) is 0.573. The van der Waals surface area contributed by atoms with E-state index in [9.17, 15) is 4.79 Å². The fourth-order valence-corrected chi connectivity index (χ4v) is 2.72. The molecule has 0 aliphatic rings. The molecule has 4 aromatic rings. The van der Waals surface area contributed by atoms with E-state index >= 15 is 0 Å². The molecule has 0 atom stereocenters. The van der Waals surface area contributed by atoms with Crippen molar-refractivity contribution in [2.24, 2.45) is 0 Å². The lowest BCUT2D eigenvalue weighted by atomic mass is 10.0. The number of aromatic nitrogens is 2. The molecule has 3 nitrogen and oxygen atoms in total. The monoisotopic (exact) mass is 272 g/mol. The molecule has 1 N–H and O–H groups in total. The third-order valence-electron chi connectivity index (χ3n) is 3.68. The van der Waals surface area contributed by atoms with Gasteiger partial charge in [-0.15, -0.1) is 0 Å². The van der Waals surface area contributed by atoms with Gasteiger partial charge < -0.3 is 4.98 Å². The van der Waals surface area contributed by atoms with Crippen LogP contribution in [-0.2, 0) is 0 Å². The molecule has 2 heterocycles. The van der Waals surface area contributed by atoms with Crippen LogP contribution in [0.3, 0.4) is 0 Å². The fourth-order valence-electron chi connectivity index (χ4n) is 2.72. The molecule has 2 aromatic heterocycles. The second-order valence-corrected chi connectivity index (χ2v) is 4.98. The molecule has 4 rings (SSSR count). The van der Waals surface area contributed by atoms with Crippen LogP contribution < -0.4 is 5.56 Å². The van der Waals surface area contributed by atoms with Crippen molar-refractivity contribution in [3.8, 4) is 11.4 Å². The van der Waals surface area contributed by atoms with E-state index in [0.29, 0.717) is 0 Å². The molecule has 2 aromatic carbocycles. The molecule has 0 radical (unpaired) electrons. The number of aromatic amines is 1. The highest BCUT2D eigenvalue weighted by molar-refractivity contribution is 6.02. The van der Waals surface area contributed by atoms with E-state index in [-0.39, 0.29) is 5.56 Å². The Labute approximate surface area is 120 Å². The van der Waals surface area contributed by atoms with Crippen molar-refractivity contribution in [1.82, 2.24) is 9.97 Å². The molecule has 0 bridgehead atoms. The van der Waals surface area contributed by atoms with Gasteiger partial charge in [0.2, 0.25) is 5.56 Å². The van der Waals surface area contributed by atoms with E-state index in [1.165, 1.54) is 0 Å². The Kier molecular flexibility index (Phi) is 2.57. The zero-order valence-corrected chi connectivity index (χ0v) is 11.2. The maximum Gasteiger partial charge on any atom is 0.249 e. The highest BCUT2D eigenvalue weighted by Crippen LogP contribution is 2.29. The number of hydrogen-bond acceptors (Lipinski definition) is 2. The van der Waals surface area contributed by atoms with E-state index < -0.39 is 0 Å². The third kappa shape index (κ3) is 1.91. The molecular formula is C18H12N2O. The number of fused-ring (bicyclic) bond motifs is 2. The second-order valence-electron chi connectivity index (χ2n) is 4.98. The molecule has 3 heteroatoms. The van der Waals surface area contributed by atoms with Gasteiger partial charge in [0, 0.05) is 23.0 Å². The molecule has 0 unspecified atom stereocenters. The number of hydrogen-bond donors (Lipinski definition) is 1. The number of benzene rings is 2. The molecular weight excluding hydrogens is 260 g/mol. The topological polar surface area (TPSA) is 45.8 Å². The molecule has 21 heavy (non-hydrogen) atoms. The summed E-state index contributed by atoms with van der Waals surface area (Å²) < 4.78 is 0. The Hall–Kier alpha value is -2.94. The maximum absolute atomic E-state index is 11.9. The zero-order valence-electron chi connectivity index (χ0n) is 11.2. The fraction of sp³-hybridized carbons (Fsp3) is 0. The van der Waals surface area contributed by atoms with Crippen molar-refractivity contribution < 1.29 is 0 Å². The predicted molar refractivity (Wildman–Crippen MR) is 85.3 cm³/mol. The van der Waals surface area contributed by atoms with Gasteiger partial charge in [0.05, 0.1) is 11.4 Å². The van der Waals surface area contributed by atoms with Crippen LogP contribution >= 0.6 is 0 Å². The van der Waals surface area contributed by atoms with Gasteiger partial charge in [-0.2, -0.15) is 0 Å². The average molecular weight is 272 g/mol. The van der Waals surface area contributed by atoms with Crippen molar-refractivity contribution in [3.63, 3.8) is 0 Å². The summed E-state index contributed by atoms with van der Waals surface area (Å²) in [6.45, 7) is 0. The highest BCUT2D eigenvalue weighted by atomic mass is 16.1. The molecule has 0 saturated carbocycles. The summed E-state index contributed by atoms with van der Waals surface area (Å²) in [5, 5.41) is 4.07. The summed E-state index contributed by atoms with van der Waals surface area (Å²) in [5.74, 6) is 0. The van der Waals surface area contributed by atoms with Crippen LogP contribution in [0, 0.1) is 0 Å². The average Bonchev–Trinajstić information content (AvgIpc) is 2.53. The molecule has 0 aliphatic carbocycles. The van der Waals surface area contributed by atoms with Crippen molar-refractivity contribution in [3.05, 3.63) is 77.2 Å². The summed E-state index contributed by atoms with van der Waals surface area (Å²) in [6.07, 6.45) is 1.78. The van der Waals surface area contributed by atoms with E-state index in [1.54, 1.807) is 12.3 Å². The van der Waals surface area contributed by atoms with Crippen LogP contribution in [0.5, 0.6) is 0 Å². The number of nitrogens with zero attached hydrogens (tertiary/aromatic N) is 1. The van der Waals surface area contributed by atoms with E-state index in [4.69, 9.17) is 0 Å². The normalized spacial score (nSPS) is 11.0. The minimum absolute atomic E-state index is 0.113. The van der Waals surface area contributed by atoms with E-state index in [0.717, 1.165) is 32.9 Å². The number of rotatable bonds is 1. The van der Waals surface area contributed by atoms with Gasteiger partial charge in [-0.3, -0.25) is 9.78 Å². The summed E-state index contributed by atoms with van der Waals surface area (Å²) in [4.78, 5) is 19.4. The summed E-state index contributed by atoms with van der Waals surface area (Å²) in [5.41, 5.74) is 1.47. The van der Waals surface area contributed by atoms with Crippen molar-refractivity contribution in [1.29, 1.82) is 0 Å². The van der Waals surface area contributed by atoms with Gasteiger partial charge in [-0.25, -0.2) is 0 Å². The minimum atomic E-state index is -0.113. The Morgan fingerprint density at radius 1 is 0.810 bits per heavy atom. The van der Waals surface area contributed by atoms with Crippen molar-refractivity contribution in [2.45, 2.75) is 0 Å². The Morgan fingerprint density at radius 3 is 2.38 bits per heavy atom. The molecule has 0 amide bonds. The SMILES string of the molecule is O=c1cc2ccccc2c(-c2nccc3ccccc23)[nH]1. The molecule has 0 aliphatic heterocycles. The van der Waals surface area contributed by atoms with Crippen LogP contribution in [0.25, 0.3) is 32.9 Å². The first kappa shape index (κ1) is 11.9. The molecule has 0 saturated heterocycles. The standard InChI is InChI=1S/C18H12N2O/c21-16-11-13-6-2-4-8-15(13)18(20-16)17-14-7-3-1-5-12(14)9-10-19-17/h1-11H,(H,20,21). The predicted octanol–water partition coefficient (Wildman–Crippen LogP) is 3.74. The summed E-state index contributed by atoms with van der Waals surface area (Å²) in [7, 11) is 0. The molecule has 0 spiro atoms. The van der Waals surface area contributed by atoms with E-state index in [1.807, 2.05) is 54.6 Å². The van der Waals surface area contributed by atoms with Crippen LogP contribution in [0.1, 0.15) is 0 Å². The third-order valence-corrected chi connectivity index (χ3v) is 3.68. The van der Waals surface area contributed by atoms with Gasteiger partial charge in [-0.05, 0) is 16.8 Å². The summed E-state index contributed by atoms with van der Waals surface area (Å²) >= 11 is 0. The Balaban J connectivity index is 2.16. The number of H-pyrrole nitrogens is 1. The molecule has 100 valence electrons. The van der Waals surface area contributed by atoms with Crippen LogP contribution in [-0.4, -0.2) is 9.97 Å². The largest absolute Gasteiger partial charge is 0.320 e. The Bertz CT molecular complexity index is 1010. The number of pyridine rings is 2. The van der Waals surface area contributed by atoms with Gasteiger partial charge in [0.15, 0.2) is 0 Å². The van der Waals surface area contributed by atoms with Gasteiger partial charge >= 0.3 is 0 Å². The first-order chi connectivity index (χ1) is 10.3. The second kappa shape index (κ2) is 4.56. The zero-order chi connectivity index (χ0) is 14.2. The smallest absolute Gasteiger partial charge is 0.249 e. The molecule has 0 fully saturated rings.